The summed E-state index contributed by atoms with van der Waals surface area (Å²) in [5, 5.41) is 3.35. The molecule has 2 N–H and O–H groups in total. The van der Waals surface area contributed by atoms with Crippen molar-refractivity contribution in [1.82, 2.24) is 10.3 Å². The van der Waals surface area contributed by atoms with Crippen LogP contribution >= 0.6 is 12.4 Å². The molecule has 3 nitrogen and oxygen atoms in total. The van der Waals surface area contributed by atoms with Gasteiger partial charge in [0.1, 0.15) is 0 Å². The van der Waals surface area contributed by atoms with Crippen molar-refractivity contribution in [2.75, 3.05) is 13.1 Å². The third-order valence-electron chi connectivity index (χ3n) is 2.71. The van der Waals surface area contributed by atoms with Crippen LogP contribution in [0.2, 0.25) is 0 Å². The molecule has 1 aromatic heterocycles. The summed E-state index contributed by atoms with van der Waals surface area (Å²) < 4.78 is 5.94. The van der Waals surface area contributed by atoms with Crippen LogP contribution in [0.3, 0.4) is 0 Å². The van der Waals surface area contributed by atoms with E-state index in [1.165, 1.54) is 12.8 Å². The molecule has 2 atom stereocenters. The number of piperidine rings is 1. The second-order valence-electron chi connectivity index (χ2n) is 3.87. The van der Waals surface area contributed by atoms with Gasteiger partial charge in [0.05, 0.1) is 12.2 Å². The zero-order valence-corrected chi connectivity index (χ0v) is 9.85. The van der Waals surface area contributed by atoms with E-state index in [4.69, 9.17) is 4.74 Å². The van der Waals surface area contributed by atoms with Crippen molar-refractivity contribution in [3.8, 4) is 0 Å². The van der Waals surface area contributed by atoms with Crippen LogP contribution in [0.5, 0.6) is 0 Å². The van der Waals surface area contributed by atoms with Gasteiger partial charge in [0.25, 0.3) is 0 Å². The Labute approximate surface area is 97.0 Å². The number of halogens is 1. The predicted octanol–water partition coefficient (Wildman–Crippen LogP) is 2.27. The monoisotopic (exact) mass is 230 g/mol. The fourth-order valence-electron chi connectivity index (χ4n) is 1.90. The highest BCUT2D eigenvalue weighted by molar-refractivity contribution is 5.85. The van der Waals surface area contributed by atoms with Gasteiger partial charge in [-0.25, -0.2) is 0 Å². The summed E-state index contributed by atoms with van der Waals surface area (Å²) in [6.07, 6.45) is 4.89. The van der Waals surface area contributed by atoms with Crippen LogP contribution in [-0.2, 0) is 4.74 Å². The SMILES string of the molecule is CC(O[C@@H]1CCCNC1)c1ccc[nH]1.Cl. The molecule has 1 saturated heterocycles. The molecule has 0 aromatic carbocycles. The van der Waals surface area contributed by atoms with Crippen LogP contribution in [0.1, 0.15) is 31.6 Å². The van der Waals surface area contributed by atoms with Crippen LogP contribution in [0.15, 0.2) is 18.3 Å². The lowest BCUT2D eigenvalue weighted by molar-refractivity contribution is -0.0167. The molecule has 1 unspecified atom stereocenters. The fraction of sp³-hybridized carbons (Fsp3) is 0.636. The number of aromatic nitrogens is 1. The molecule has 15 heavy (non-hydrogen) atoms. The quantitative estimate of drug-likeness (QED) is 0.836. The van der Waals surface area contributed by atoms with Crippen LogP contribution in [0.4, 0.5) is 0 Å². The van der Waals surface area contributed by atoms with E-state index in [0.717, 1.165) is 18.8 Å². The third kappa shape index (κ3) is 3.52. The fourth-order valence-corrected chi connectivity index (χ4v) is 1.90. The molecule has 0 radical (unpaired) electrons. The zero-order chi connectivity index (χ0) is 9.80. The molecule has 0 saturated carbocycles. The molecule has 4 heteroatoms. The van der Waals surface area contributed by atoms with Gasteiger partial charge in [-0.3, -0.25) is 0 Å². The normalized spacial score (nSPS) is 23.1. The number of hydrogen-bond donors (Lipinski definition) is 2. The molecule has 0 aliphatic carbocycles. The van der Waals surface area contributed by atoms with Crippen molar-refractivity contribution >= 4 is 12.4 Å². The van der Waals surface area contributed by atoms with Gasteiger partial charge in [0.15, 0.2) is 0 Å². The van der Waals surface area contributed by atoms with Crippen molar-refractivity contribution in [2.45, 2.75) is 32.0 Å². The summed E-state index contributed by atoms with van der Waals surface area (Å²) in [6.45, 7) is 4.22. The van der Waals surface area contributed by atoms with Gasteiger partial charge in [-0.1, -0.05) is 0 Å². The molecule has 1 fully saturated rings. The van der Waals surface area contributed by atoms with Crippen molar-refractivity contribution in [2.24, 2.45) is 0 Å². The molecule has 1 aliphatic heterocycles. The minimum absolute atomic E-state index is 0. The number of rotatable bonds is 3. The molecule has 1 aliphatic rings. The summed E-state index contributed by atoms with van der Waals surface area (Å²) in [4.78, 5) is 3.18. The van der Waals surface area contributed by atoms with Crippen molar-refractivity contribution in [3.63, 3.8) is 0 Å². The molecule has 0 spiro atoms. The maximum atomic E-state index is 5.94. The lowest BCUT2D eigenvalue weighted by Gasteiger charge is -2.26. The van der Waals surface area contributed by atoms with Crippen molar-refractivity contribution < 1.29 is 4.74 Å². The molecule has 2 heterocycles. The molecule has 86 valence electrons. The first kappa shape index (κ1) is 12.6. The predicted molar refractivity (Wildman–Crippen MR) is 63.4 cm³/mol. The van der Waals surface area contributed by atoms with Gasteiger partial charge in [0.2, 0.25) is 0 Å². The molecular weight excluding hydrogens is 212 g/mol. The van der Waals surface area contributed by atoms with Crippen LogP contribution in [0.25, 0.3) is 0 Å². The Balaban J connectivity index is 0.00000112. The Hall–Kier alpha value is -0.510. The minimum atomic E-state index is 0. The summed E-state index contributed by atoms with van der Waals surface area (Å²) in [6, 6.07) is 4.08. The molecule has 2 rings (SSSR count). The molecule has 0 amide bonds. The highest BCUT2D eigenvalue weighted by Gasteiger charge is 2.17. The molecule has 0 bridgehead atoms. The first-order valence-electron chi connectivity index (χ1n) is 5.36. The first-order valence-corrected chi connectivity index (χ1v) is 5.36. The van der Waals surface area contributed by atoms with E-state index in [-0.39, 0.29) is 18.5 Å². The zero-order valence-electron chi connectivity index (χ0n) is 9.03. The summed E-state index contributed by atoms with van der Waals surface area (Å²) in [5.41, 5.74) is 1.16. The van der Waals surface area contributed by atoms with Gasteiger partial charge < -0.3 is 15.0 Å². The first-order chi connectivity index (χ1) is 6.86. The van der Waals surface area contributed by atoms with E-state index in [2.05, 4.69) is 23.3 Å². The molecule has 1 aromatic rings. The summed E-state index contributed by atoms with van der Waals surface area (Å²) in [7, 11) is 0. The van der Waals surface area contributed by atoms with E-state index < -0.39 is 0 Å². The van der Waals surface area contributed by atoms with Crippen molar-refractivity contribution in [1.29, 1.82) is 0 Å². The maximum Gasteiger partial charge on any atom is 0.0948 e. The largest absolute Gasteiger partial charge is 0.368 e. The van der Waals surface area contributed by atoms with Gasteiger partial charge in [-0.15, -0.1) is 12.4 Å². The van der Waals surface area contributed by atoms with Gasteiger partial charge in [-0.2, -0.15) is 0 Å². The average Bonchev–Trinajstić information content (AvgIpc) is 2.72. The average molecular weight is 231 g/mol. The smallest absolute Gasteiger partial charge is 0.0948 e. The van der Waals surface area contributed by atoms with Gasteiger partial charge >= 0.3 is 0 Å². The second kappa shape index (κ2) is 6.16. The Morgan fingerprint density at radius 3 is 3.00 bits per heavy atom. The summed E-state index contributed by atoms with van der Waals surface area (Å²) in [5.74, 6) is 0. The third-order valence-corrected chi connectivity index (χ3v) is 2.71. The highest BCUT2D eigenvalue weighted by atomic mass is 35.5. The van der Waals surface area contributed by atoms with Gasteiger partial charge in [0, 0.05) is 18.4 Å². The summed E-state index contributed by atoms with van der Waals surface area (Å²) >= 11 is 0. The van der Waals surface area contributed by atoms with Crippen LogP contribution in [0, 0.1) is 0 Å². The number of H-pyrrole nitrogens is 1. The van der Waals surface area contributed by atoms with Crippen molar-refractivity contribution in [3.05, 3.63) is 24.0 Å². The maximum absolute atomic E-state index is 5.94. The second-order valence-corrected chi connectivity index (χ2v) is 3.87. The van der Waals surface area contributed by atoms with Gasteiger partial charge in [-0.05, 0) is 38.4 Å². The standard InChI is InChI=1S/C11H18N2O.ClH/c1-9(11-5-3-7-13-11)14-10-4-2-6-12-8-10;/h3,5,7,9-10,12-13H,2,4,6,8H2,1H3;1H/t9?,10-;/m1./s1. The number of nitrogens with one attached hydrogen (secondary N) is 2. The Bertz CT molecular complexity index is 258. The lowest BCUT2D eigenvalue weighted by Crippen LogP contribution is -2.35. The minimum Gasteiger partial charge on any atom is -0.368 e. The Morgan fingerprint density at radius 1 is 1.53 bits per heavy atom. The Kier molecular flexibility index (Phi) is 5.15. The number of ether oxygens (including phenoxy) is 1. The topological polar surface area (TPSA) is 37.0 Å². The number of hydrogen-bond acceptors (Lipinski definition) is 2. The van der Waals surface area contributed by atoms with Crippen LogP contribution < -0.4 is 5.32 Å². The number of aromatic amines is 1. The molecular formula is C11H19ClN2O. The van der Waals surface area contributed by atoms with E-state index in [1.807, 2.05) is 12.3 Å². The van der Waals surface area contributed by atoms with E-state index in [0.29, 0.717) is 6.10 Å². The van der Waals surface area contributed by atoms with E-state index >= 15 is 0 Å². The lowest BCUT2D eigenvalue weighted by atomic mass is 10.1. The van der Waals surface area contributed by atoms with E-state index in [1.54, 1.807) is 0 Å². The Morgan fingerprint density at radius 2 is 2.40 bits per heavy atom. The van der Waals surface area contributed by atoms with Crippen LogP contribution in [-0.4, -0.2) is 24.2 Å². The highest BCUT2D eigenvalue weighted by Crippen LogP contribution is 2.19. The van der Waals surface area contributed by atoms with E-state index in [9.17, 15) is 0 Å².